The molecule has 16 heavy (non-hydrogen) atoms. The van der Waals surface area contributed by atoms with E-state index in [1.54, 1.807) is 0 Å². The van der Waals surface area contributed by atoms with Gasteiger partial charge in [-0.2, -0.15) is 0 Å². The molecule has 0 rings (SSSR count). The Morgan fingerprint density at radius 2 is 1.00 bits per heavy atom. The third-order valence-corrected chi connectivity index (χ3v) is 0.813. The van der Waals surface area contributed by atoms with Gasteiger partial charge >= 0.3 is 21.1 Å². The number of hydrogen-bond donors (Lipinski definition) is 0. The summed E-state index contributed by atoms with van der Waals surface area (Å²) in [5.41, 5.74) is 0. The summed E-state index contributed by atoms with van der Waals surface area (Å²) >= 11 is 0. The molecule has 0 aromatic heterocycles. The van der Waals surface area contributed by atoms with E-state index in [2.05, 4.69) is 0 Å². The van der Waals surface area contributed by atoms with Gasteiger partial charge in [0.2, 0.25) is 0 Å². The SMILES string of the molecule is CC(=O)/C=C(/C)[O-].CC(=O)/C=C(\C)[O-].[Cl-].[Pt+2]. The van der Waals surface area contributed by atoms with Gasteiger partial charge in [-0.1, -0.05) is 13.8 Å². The van der Waals surface area contributed by atoms with Crippen LogP contribution < -0.4 is 22.6 Å². The molecule has 6 heteroatoms. The summed E-state index contributed by atoms with van der Waals surface area (Å²) in [6.45, 7) is 5.39. The van der Waals surface area contributed by atoms with Crippen LogP contribution in [0, 0.1) is 0 Å². The van der Waals surface area contributed by atoms with Crippen LogP contribution in [-0.4, -0.2) is 11.6 Å². The monoisotopic (exact) mass is 428 g/mol. The Balaban J connectivity index is -0.0000000800. The van der Waals surface area contributed by atoms with Crippen LogP contribution >= 0.6 is 0 Å². The van der Waals surface area contributed by atoms with Crippen molar-refractivity contribution in [1.29, 1.82) is 0 Å². The zero-order chi connectivity index (χ0) is 11.7. The van der Waals surface area contributed by atoms with E-state index >= 15 is 0 Å². The molecule has 0 radical (unpaired) electrons. The Kier molecular flexibility index (Phi) is 22.1. The van der Waals surface area contributed by atoms with Gasteiger partial charge in [0.05, 0.1) is 0 Å². The van der Waals surface area contributed by atoms with E-state index in [1.807, 2.05) is 0 Å². The van der Waals surface area contributed by atoms with Crippen molar-refractivity contribution in [1.82, 2.24) is 0 Å². The predicted molar refractivity (Wildman–Crippen MR) is 48.9 cm³/mol. The summed E-state index contributed by atoms with van der Waals surface area (Å²) in [6.07, 6.45) is 2.11. The van der Waals surface area contributed by atoms with Gasteiger partial charge in [-0.15, -0.1) is 11.5 Å². The number of hydrogen-bond acceptors (Lipinski definition) is 4. The summed E-state index contributed by atoms with van der Waals surface area (Å²) in [4.78, 5) is 20.0. The molecule has 0 bridgehead atoms. The summed E-state index contributed by atoms with van der Waals surface area (Å²) in [6, 6.07) is 0. The largest absolute Gasteiger partial charge is 2.00 e. The Morgan fingerprint density at radius 3 is 1.00 bits per heavy atom. The zero-order valence-corrected chi connectivity index (χ0v) is 12.5. The second kappa shape index (κ2) is 14.4. The number of halogens is 1. The molecule has 0 aromatic carbocycles. The number of ketones is 2. The second-order valence-electron chi connectivity index (χ2n) is 2.73. The van der Waals surface area contributed by atoms with Crippen molar-refractivity contribution in [3.05, 3.63) is 23.7 Å². The minimum atomic E-state index is -0.187. The molecule has 0 aliphatic rings. The molecule has 0 aliphatic heterocycles. The molecule has 0 unspecified atom stereocenters. The van der Waals surface area contributed by atoms with Crippen molar-refractivity contribution in [3.8, 4) is 0 Å². The first-order chi connectivity index (χ1) is 6.25. The van der Waals surface area contributed by atoms with Crippen LogP contribution in [0.1, 0.15) is 27.7 Å². The Morgan fingerprint density at radius 1 is 0.812 bits per heavy atom. The zero-order valence-electron chi connectivity index (χ0n) is 9.48. The topological polar surface area (TPSA) is 80.3 Å². The number of rotatable bonds is 2. The van der Waals surface area contributed by atoms with Gasteiger partial charge in [0.15, 0.2) is 11.6 Å². The van der Waals surface area contributed by atoms with E-state index in [0.29, 0.717) is 0 Å². The number of allylic oxidation sites excluding steroid dienone is 4. The Hall–Kier alpha value is -0.602. The fraction of sp³-hybridized carbons (Fsp3) is 0.400. The summed E-state index contributed by atoms with van der Waals surface area (Å²) in [5.74, 6) is -0.750. The van der Waals surface area contributed by atoms with Crippen LogP contribution in [0.2, 0.25) is 0 Å². The standard InChI is InChI=1S/2C5H8O2.ClH.Pt/c2*1-4(6)3-5(2)7;;/h2*3,6H,1-2H3;1H;/q;;;+2/p-3/b4-3+;4-3-;;. The first-order valence-electron chi connectivity index (χ1n) is 3.97. The molecule has 0 fully saturated rings. The molecular weight excluding hydrogens is 415 g/mol. The maximum atomic E-state index is 9.98. The summed E-state index contributed by atoms with van der Waals surface area (Å²) in [5, 5.41) is 20.0. The van der Waals surface area contributed by atoms with Gasteiger partial charge in [-0.25, -0.2) is 0 Å². The molecule has 0 saturated heterocycles. The van der Waals surface area contributed by atoms with Crippen molar-refractivity contribution < 1.29 is 53.3 Å². The molecule has 0 aromatic rings. The average Bonchev–Trinajstić information content (AvgIpc) is 1.79. The Labute approximate surface area is 116 Å². The van der Waals surface area contributed by atoms with Crippen LogP contribution in [0.25, 0.3) is 0 Å². The van der Waals surface area contributed by atoms with E-state index in [-0.39, 0.29) is 56.6 Å². The van der Waals surface area contributed by atoms with Crippen LogP contribution in [0.15, 0.2) is 23.7 Å². The number of carbonyl (C=O) groups excluding carboxylic acids is 2. The minimum absolute atomic E-state index is 0. The molecule has 0 aliphatic carbocycles. The summed E-state index contributed by atoms with van der Waals surface area (Å²) < 4.78 is 0. The molecule has 0 saturated carbocycles. The Bertz CT molecular complexity index is 236. The van der Waals surface area contributed by atoms with Gasteiger partial charge in [0, 0.05) is 0 Å². The fourth-order valence-electron chi connectivity index (χ4n) is 0.572. The molecule has 0 amide bonds. The molecule has 0 atom stereocenters. The normalized spacial score (nSPS) is 10.0. The average molecular weight is 429 g/mol. The van der Waals surface area contributed by atoms with Gasteiger partial charge in [0.25, 0.3) is 0 Å². The van der Waals surface area contributed by atoms with Crippen molar-refractivity contribution in [3.63, 3.8) is 0 Å². The maximum Gasteiger partial charge on any atom is 2.00 e. The first-order valence-corrected chi connectivity index (χ1v) is 3.97. The first kappa shape index (κ1) is 24.6. The van der Waals surface area contributed by atoms with Gasteiger partial charge in [-0.05, 0) is 26.0 Å². The van der Waals surface area contributed by atoms with Crippen molar-refractivity contribution in [2.24, 2.45) is 0 Å². The van der Waals surface area contributed by atoms with E-state index in [4.69, 9.17) is 0 Å². The fourth-order valence-corrected chi connectivity index (χ4v) is 0.572. The molecule has 0 N–H and O–H groups in total. The van der Waals surface area contributed by atoms with E-state index in [1.165, 1.54) is 27.7 Å². The third-order valence-electron chi connectivity index (χ3n) is 0.813. The third kappa shape index (κ3) is 37.6. The molecular formula is C10H14ClO4Pt-. The van der Waals surface area contributed by atoms with Gasteiger partial charge in [0.1, 0.15) is 0 Å². The van der Waals surface area contributed by atoms with E-state index in [9.17, 15) is 19.8 Å². The smallest absolute Gasteiger partial charge is 1.00 e. The minimum Gasteiger partial charge on any atom is -1.00 e. The quantitative estimate of drug-likeness (QED) is 0.341. The summed E-state index contributed by atoms with van der Waals surface area (Å²) in [7, 11) is 0. The van der Waals surface area contributed by atoms with Crippen molar-refractivity contribution in [2.75, 3.05) is 0 Å². The van der Waals surface area contributed by atoms with Crippen molar-refractivity contribution in [2.45, 2.75) is 27.7 Å². The number of carbonyl (C=O) groups is 2. The van der Waals surface area contributed by atoms with Crippen LogP contribution in [0.3, 0.4) is 0 Å². The van der Waals surface area contributed by atoms with Gasteiger partial charge < -0.3 is 22.6 Å². The maximum absolute atomic E-state index is 9.98. The van der Waals surface area contributed by atoms with Crippen molar-refractivity contribution >= 4 is 11.6 Å². The molecule has 0 heterocycles. The van der Waals surface area contributed by atoms with Crippen LogP contribution in [0.5, 0.6) is 0 Å². The second-order valence-corrected chi connectivity index (χ2v) is 2.73. The predicted octanol–water partition coefficient (Wildman–Crippen LogP) is -3.32. The molecule has 96 valence electrons. The molecule has 0 spiro atoms. The van der Waals surface area contributed by atoms with E-state index < -0.39 is 0 Å². The van der Waals surface area contributed by atoms with Crippen LogP contribution in [-0.2, 0) is 30.7 Å². The van der Waals surface area contributed by atoms with Crippen LogP contribution in [0.4, 0.5) is 0 Å². The van der Waals surface area contributed by atoms with E-state index in [0.717, 1.165) is 12.2 Å². The van der Waals surface area contributed by atoms with Gasteiger partial charge in [-0.3, -0.25) is 9.59 Å². The molecule has 4 nitrogen and oxygen atoms in total.